The third kappa shape index (κ3) is 3.08. The number of hydrogen-bond donors (Lipinski definition) is 0. The van der Waals surface area contributed by atoms with Gasteiger partial charge < -0.3 is 4.90 Å². The zero-order chi connectivity index (χ0) is 12.3. The summed E-state index contributed by atoms with van der Waals surface area (Å²) in [6.07, 6.45) is 7.00. The third-order valence-electron chi connectivity index (χ3n) is 2.94. The summed E-state index contributed by atoms with van der Waals surface area (Å²) in [6.45, 7) is 12.0. The van der Waals surface area contributed by atoms with E-state index in [2.05, 4.69) is 39.6 Å². The van der Waals surface area contributed by atoms with E-state index >= 15 is 0 Å². The third-order valence-corrected chi connectivity index (χ3v) is 5.27. The first kappa shape index (κ1) is 13.2. The molecule has 1 aliphatic rings. The lowest BCUT2D eigenvalue weighted by Crippen LogP contribution is -2.29. The van der Waals surface area contributed by atoms with Crippen molar-refractivity contribution in [1.29, 1.82) is 0 Å². The van der Waals surface area contributed by atoms with Gasteiger partial charge in [-0.05, 0) is 18.4 Å². The normalized spacial score (nSPS) is 22.1. The van der Waals surface area contributed by atoms with E-state index in [0.29, 0.717) is 5.92 Å². The molecule has 0 fully saturated rings. The van der Waals surface area contributed by atoms with E-state index in [-0.39, 0.29) is 5.91 Å². The molecule has 0 saturated heterocycles. The quantitative estimate of drug-likeness (QED) is 0.690. The Bertz CT molecular complexity index is 325. The molecule has 1 aliphatic heterocycles. The maximum absolute atomic E-state index is 12.0. The van der Waals surface area contributed by atoms with Crippen molar-refractivity contribution in [1.82, 2.24) is 4.90 Å². The van der Waals surface area contributed by atoms with Gasteiger partial charge in [-0.2, -0.15) is 0 Å². The van der Waals surface area contributed by atoms with Crippen LogP contribution in [-0.2, 0) is 4.79 Å². The van der Waals surface area contributed by atoms with Crippen LogP contribution in [-0.4, -0.2) is 25.4 Å². The van der Waals surface area contributed by atoms with Gasteiger partial charge in [-0.1, -0.05) is 44.8 Å². The van der Waals surface area contributed by atoms with Gasteiger partial charge in [-0.3, -0.25) is 4.79 Å². The molecule has 3 heteroatoms. The van der Waals surface area contributed by atoms with E-state index < -0.39 is 8.07 Å². The highest BCUT2D eigenvalue weighted by atomic mass is 28.3. The summed E-state index contributed by atoms with van der Waals surface area (Å²) in [4.78, 5) is 13.9. The highest BCUT2D eigenvalue weighted by Crippen LogP contribution is 2.26. The molecule has 1 rings (SSSR count). The van der Waals surface area contributed by atoms with Crippen molar-refractivity contribution in [2.24, 2.45) is 5.92 Å². The average molecular weight is 237 g/mol. The molecular formula is C13H23NOSi. The summed E-state index contributed by atoms with van der Waals surface area (Å²) in [7, 11) is -1.38. The predicted molar refractivity (Wildman–Crippen MR) is 71.7 cm³/mol. The lowest BCUT2D eigenvalue weighted by molar-refractivity contribution is -0.123. The van der Waals surface area contributed by atoms with E-state index in [0.717, 1.165) is 13.0 Å². The lowest BCUT2D eigenvalue weighted by Gasteiger charge is -2.23. The monoisotopic (exact) mass is 237 g/mol. The van der Waals surface area contributed by atoms with Crippen molar-refractivity contribution < 1.29 is 4.79 Å². The Balaban J connectivity index is 3.01. The van der Waals surface area contributed by atoms with E-state index in [1.807, 2.05) is 17.2 Å². The van der Waals surface area contributed by atoms with Crippen LogP contribution in [0.1, 0.15) is 20.3 Å². The van der Waals surface area contributed by atoms with Crippen molar-refractivity contribution in [3.05, 3.63) is 23.5 Å². The van der Waals surface area contributed by atoms with Crippen molar-refractivity contribution in [2.45, 2.75) is 39.9 Å². The molecule has 1 amide bonds. The molecule has 1 unspecified atom stereocenters. The molecule has 16 heavy (non-hydrogen) atoms. The Kier molecular flexibility index (Phi) is 4.13. The molecule has 90 valence electrons. The number of rotatable bonds is 3. The summed E-state index contributed by atoms with van der Waals surface area (Å²) < 4.78 is 0. The first-order chi connectivity index (χ1) is 7.36. The zero-order valence-electron chi connectivity index (χ0n) is 11.1. The molecule has 0 aromatic heterocycles. The number of carbonyl (C=O) groups excluding carboxylic acids is 1. The van der Waals surface area contributed by atoms with Crippen LogP contribution in [0.3, 0.4) is 0 Å². The van der Waals surface area contributed by atoms with Crippen molar-refractivity contribution in [2.75, 3.05) is 6.54 Å². The molecule has 0 N–H and O–H groups in total. The van der Waals surface area contributed by atoms with Crippen molar-refractivity contribution >= 4 is 14.0 Å². The van der Waals surface area contributed by atoms with Crippen LogP contribution in [0.25, 0.3) is 0 Å². The van der Waals surface area contributed by atoms with Gasteiger partial charge in [-0.25, -0.2) is 0 Å². The second-order valence-corrected chi connectivity index (χ2v) is 10.6. The van der Waals surface area contributed by atoms with E-state index in [1.54, 1.807) is 0 Å². The van der Waals surface area contributed by atoms with E-state index in [1.165, 1.54) is 5.20 Å². The van der Waals surface area contributed by atoms with Crippen LogP contribution >= 0.6 is 0 Å². The molecule has 0 spiro atoms. The van der Waals surface area contributed by atoms with Gasteiger partial charge in [0.05, 0.1) is 8.07 Å². The minimum Gasteiger partial charge on any atom is -0.316 e. The Morgan fingerprint density at radius 2 is 2.00 bits per heavy atom. The fourth-order valence-corrected chi connectivity index (χ4v) is 4.10. The summed E-state index contributed by atoms with van der Waals surface area (Å²) in [5.74, 6) is 0.553. The van der Waals surface area contributed by atoms with Crippen LogP contribution in [0.4, 0.5) is 0 Å². The maximum atomic E-state index is 12.0. The number of amides is 1. The summed E-state index contributed by atoms with van der Waals surface area (Å²) in [5, 5.41) is 1.35. The fraction of sp³-hybridized carbons (Fsp3) is 0.615. The summed E-state index contributed by atoms with van der Waals surface area (Å²) in [6, 6.07) is 0. The number of allylic oxidation sites excluding steroid dienone is 2. The Morgan fingerprint density at radius 3 is 2.50 bits per heavy atom. The van der Waals surface area contributed by atoms with Crippen LogP contribution in [0.15, 0.2) is 23.5 Å². The average Bonchev–Trinajstić information content (AvgIpc) is 2.30. The minimum atomic E-state index is -1.38. The standard InChI is InChI=1S/C13H23NOSi/c1-6-8-14-9-7-11(2)12(10-13(14)15)16(3,4)5/h7,9-11H,6,8H2,1-5H3. The molecule has 0 aromatic carbocycles. The predicted octanol–water partition coefficient (Wildman–Crippen LogP) is 3.19. The van der Waals surface area contributed by atoms with Crippen molar-refractivity contribution in [3.8, 4) is 0 Å². The summed E-state index contributed by atoms with van der Waals surface area (Å²) in [5.41, 5.74) is 0. The van der Waals surface area contributed by atoms with Gasteiger partial charge in [0, 0.05) is 12.7 Å². The lowest BCUT2D eigenvalue weighted by atomic mass is 10.1. The van der Waals surface area contributed by atoms with Gasteiger partial charge in [0.1, 0.15) is 0 Å². The van der Waals surface area contributed by atoms with Crippen LogP contribution in [0.2, 0.25) is 19.6 Å². The van der Waals surface area contributed by atoms with Gasteiger partial charge >= 0.3 is 0 Å². The molecule has 1 heterocycles. The molecule has 0 aromatic rings. The molecule has 0 aliphatic carbocycles. The van der Waals surface area contributed by atoms with Crippen LogP contribution in [0.5, 0.6) is 0 Å². The second-order valence-electron chi connectivity index (χ2n) is 5.51. The first-order valence-electron chi connectivity index (χ1n) is 6.07. The largest absolute Gasteiger partial charge is 0.316 e. The Labute approximate surface area is 100 Å². The van der Waals surface area contributed by atoms with E-state index in [4.69, 9.17) is 0 Å². The van der Waals surface area contributed by atoms with Crippen LogP contribution in [0, 0.1) is 5.92 Å². The van der Waals surface area contributed by atoms with Gasteiger partial charge in [0.2, 0.25) is 5.91 Å². The van der Waals surface area contributed by atoms with Crippen LogP contribution < -0.4 is 0 Å². The smallest absolute Gasteiger partial charge is 0.250 e. The van der Waals surface area contributed by atoms with Crippen molar-refractivity contribution in [3.63, 3.8) is 0 Å². The second kappa shape index (κ2) is 5.00. The Hall–Kier alpha value is -0.833. The number of hydrogen-bond acceptors (Lipinski definition) is 1. The highest BCUT2D eigenvalue weighted by Gasteiger charge is 2.26. The Morgan fingerprint density at radius 1 is 1.38 bits per heavy atom. The molecule has 0 bridgehead atoms. The molecule has 1 atom stereocenters. The van der Waals surface area contributed by atoms with Gasteiger partial charge in [0.15, 0.2) is 0 Å². The highest BCUT2D eigenvalue weighted by molar-refractivity contribution is 6.83. The molecular weight excluding hydrogens is 214 g/mol. The van der Waals surface area contributed by atoms with E-state index in [9.17, 15) is 4.79 Å². The number of carbonyl (C=O) groups is 1. The topological polar surface area (TPSA) is 20.3 Å². The fourth-order valence-electron chi connectivity index (χ4n) is 2.08. The summed E-state index contributed by atoms with van der Waals surface area (Å²) >= 11 is 0. The zero-order valence-corrected chi connectivity index (χ0v) is 12.1. The number of nitrogens with zero attached hydrogens (tertiary/aromatic N) is 1. The van der Waals surface area contributed by atoms with Gasteiger partial charge in [-0.15, -0.1) is 0 Å². The molecule has 2 nitrogen and oxygen atoms in total. The maximum Gasteiger partial charge on any atom is 0.250 e. The molecule has 0 saturated carbocycles. The SMILES string of the molecule is CCCN1C=CC(C)C([Si](C)(C)C)=CC1=O. The molecule has 0 radical (unpaired) electrons. The van der Waals surface area contributed by atoms with Gasteiger partial charge in [0.25, 0.3) is 0 Å². The first-order valence-corrected chi connectivity index (χ1v) is 9.57. The minimum absolute atomic E-state index is 0.153.